The van der Waals surface area contributed by atoms with Crippen molar-refractivity contribution < 1.29 is 9.13 Å². The van der Waals surface area contributed by atoms with Crippen LogP contribution < -0.4 is 4.74 Å². The summed E-state index contributed by atoms with van der Waals surface area (Å²) >= 11 is 0. The van der Waals surface area contributed by atoms with Crippen molar-refractivity contribution in [1.29, 1.82) is 5.26 Å². The number of hydrogen-bond donors (Lipinski definition) is 0. The highest BCUT2D eigenvalue weighted by Gasteiger charge is 2.08. The molecule has 0 aliphatic carbocycles. The molecule has 0 saturated heterocycles. The zero-order valence-corrected chi connectivity index (χ0v) is 9.85. The fourth-order valence-electron chi connectivity index (χ4n) is 1.68. The molecule has 0 amide bonds. The number of benzene rings is 1. The number of ether oxygens (including phenoxy) is 1. The van der Waals surface area contributed by atoms with Gasteiger partial charge in [-0.1, -0.05) is 12.1 Å². The third-order valence-electron chi connectivity index (χ3n) is 2.54. The lowest BCUT2D eigenvalue weighted by molar-refractivity contribution is 0.399. The molecular formula is C14H11FN2O. The summed E-state index contributed by atoms with van der Waals surface area (Å²) < 4.78 is 18.1. The molecule has 0 unspecified atom stereocenters. The standard InChI is InChI=1S/C14H11FN2O/c1-18-14-13(8-10(6-7-16)9-17-14)11-2-4-12(15)5-3-11/h2-5,8-9H,6H2,1H3. The van der Waals surface area contributed by atoms with E-state index in [1.165, 1.54) is 19.2 Å². The molecule has 0 N–H and O–H groups in total. The van der Waals surface area contributed by atoms with Crippen LogP contribution in [0.1, 0.15) is 5.56 Å². The van der Waals surface area contributed by atoms with Crippen molar-refractivity contribution in [3.8, 4) is 23.1 Å². The molecular weight excluding hydrogens is 231 g/mol. The second kappa shape index (κ2) is 5.28. The van der Waals surface area contributed by atoms with E-state index in [0.717, 1.165) is 16.7 Å². The predicted octanol–water partition coefficient (Wildman–Crippen LogP) is 2.96. The molecule has 1 aromatic carbocycles. The third kappa shape index (κ3) is 2.46. The average Bonchev–Trinajstić information content (AvgIpc) is 2.40. The maximum atomic E-state index is 12.9. The van der Waals surface area contributed by atoms with Crippen molar-refractivity contribution in [3.05, 3.63) is 47.9 Å². The van der Waals surface area contributed by atoms with Crippen LogP contribution in [0.2, 0.25) is 0 Å². The summed E-state index contributed by atoms with van der Waals surface area (Å²) in [5.41, 5.74) is 2.36. The van der Waals surface area contributed by atoms with Crippen LogP contribution in [0.5, 0.6) is 5.88 Å². The van der Waals surface area contributed by atoms with E-state index in [0.29, 0.717) is 5.88 Å². The van der Waals surface area contributed by atoms with Crippen molar-refractivity contribution >= 4 is 0 Å². The molecule has 0 saturated carbocycles. The SMILES string of the molecule is COc1ncc(CC#N)cc1-c1ccc(F)cc1. The highest BCUT2D eigenvalue weighted by Crippen LogP contribution is 2.28. The summed E-state index contributed by atoms with van der Waals surface area (Å²) in [5, 5.41) is 8.69. The van der Waals surface area contributed by atoms with Crippen LogP contribution in [-0.4, -0.2) is 12.1 Å². The van der Waals surface area contributed by atoms with Gasteiger partial charge in [0.25, 0.3) is 0 Å². The Kier molecular flexibility index (Phi) is 3.54. The molecule has 1 heterocycles. The quantitative estimate of drug-likeness (QED) is 0.831. The summed E-state index contributed by atoms with van der Waals surface area (Å²) in [6.07, 6.45) is 1.89. The Morgan fingerprint density at radius 1 is 1.33 bits per heavy atom. The molecule has 0 spiro atoms. The van der Waals surface area contributed by atoms with Gasteiger partial charge in [0.15, 0.2) is 0 Å². The van der Waals surface area contributed by atoms with Gasteiger partial charge in [0, 0.05) is 11.8 Å². The van der Waals surface area contributed by atoms with Gasteiger partial charge in [0.1, 0.15) is 5.82 Å². The first-order valence-corrected chi connectivity index (χ1v) is 5.40. The summed E-state index contributed by atoms with van der Waals surface area (Å²) in [5.74, 6) is 0.169. The molecule has 0 aliphatic rings. The van der Waals surface area contributed by atoms with E-state index in [1.54, 1.807) is 18.3 Å². The summed E-state index contributed by atoms with van der Waals surface area (Å²) in [4.78, 5) is 4.15. The first-order valence-electron chi connectivity index (χ1n) is 5.40. The Hall–Kier alpha value is -2.41. The molecule has 18 heavy (non-hydrogen) atoms. The zero-order valence-electron chi connectivity index (χ0n) is 9.85. The fourth-order valence-corrected chi connectivity index (χ4v) is 1.68. The number of methoxy groups -OCH3 is 1. The first kappa shape index (κ1) is 12.1. The van der Waals surface area contributed by atoms with E-state index < -0.39 is 0 Å². The second-order valence-electron chi connectivity index (χ2n) is 3.74. The average molecular weight is 242 g/mol. The number of pyridine rings is 1. The monoisotopic (exact) mass is 242 g/mol. The van der Waals surface area contributed by atoms with E-state index >= 15 is 0 Å². The zero-order chi connectivity index (χ0) is 13.0. The first-order chi connectivity index (χ1) is 8.74. The molecule has 2 rings (SSSR count). The molecule has 0 aliphatic heterocycles. The highest BCUT2D eigenvalue weighted by molar-refractivity contribution is 5.69. The summed E-state index contributed by atoms with van der Waals surface area (Å²) in [6.45, 7) is 0. The lowest BCUT2D eigenvalue weighted by atomic mass is 10.0. The van der Waals surface area contributed by atoms with Crippen LogP contribution in [0.25, 0.3) is 11.1 Å². The Bertz CT molecular complexity index is 588. The number of nitrogens with zero attached hydrogens (tertiary/aromatic N) is 2. The van der Waals surface area contributed by atoms with Gasteiger partial charge in [-0.05, 0) is 29.3 Å². The lowest BCUT2D eigenvalue weighted by Crippen LogP contribution is -1.94. The van der Waals surface area contributed by atoms with Crippen LogP contribution in [0.3, 0.4) is 0 Å². The highest BCUT2D eigenvalue weighted by atomic mass is 19.1. The number of rotatable bonds is 3. The molecule has 2 aromatic rings. The maximum Gasteiger partial charge on any atom is 0.221 e. The van der Waals surface area contributed by atoms with Gasteiger partial charge in [-0.2, -0.15) is 5.26 Å². The van der Waals surface area contributed by atoms with Crippen LogP contribution in [-0.2, 0) is 6.42 Å². The van der Waals surface area contributed by atoms with Gasteiger partial charge in [-0.15, -0.1) is 0 Å². The molecule has 3 nitrogen and oxygen atoms in total. The van der Waals surface area contributed by atoms with Crippen LogP contribution >= 0.6 is 0 Å². The lowest BCUT2D eigenvalue weighted by Gasteiger charge is -2.08. The minimum atomic E-state index is -0.293. The van der Waals surface area contributed by atoms with Crippen molar-refractivity contribution in [2.24, 2.45) is 0 Å². The normalized spacial score (nSPS) is 9.83. The van der Waals surface area contributed by atoms with Gasteiger partial charge in [-0.3, -0.25) is 0 Å². The minimum Gasteiger partial charge on any atom is -0.481 e. The minimum absolute atomic E-state index is 0.283. The smallest absolute Gasteiger partial charge is 0.221 e. The number of halogens is 1. The Balaban J connectivity index is 2.50. The van der Waals surface area contributed by atoms with Gasteiger partial charge < -0.3 is 4.74 Å². The largest absolute Gasteiger partial charge is 0.481 e. The van der Waals surface area contributed by atoms with E-state index in [2.05, 4.69) is 11.1 Å². The van der Waals surface area contributed by atoms with E-state index in [4.69, 9.17) is 10.00 Å². The van der Waals surface area contributed by atoms with Gasteiger partial charge in [0.2, 0.25) is 5.88 Å². The predicted molar refractivity (Wildman–Crippen MR) is 65.5 cm³/mol. The molecule has 4 heteroatoms. The van der Waals surface area contributed by atoms with Crippen LogP contribution in [0.15, 0.2) is 36.5 Å². The van der Waals surface area contributed by atoms with Gasteiger partial charge in [0.05, 0.1) is 19.6 Å². The number of aromatic nitrogens is 1. The summed E-state index contributed by atoms with van der Waals surface area (Å²) in [6, 6.07) is 9.98. The van der Waals surface area contributed by atoms with E-state index in [9.17, 15) is 4.39 Å². The molecule has 0 fully saturated rings. The van der Waals surface area contributed by atoms with Crippen molar-refractivity contribution in [3.63, 3.8) is 0 Å². The summed E-state index contributed by atoms with van der Waals surface area (Å²) in [7, 11) is 1.53. The topological polar surface area (TPSA) is 45.9 Å². The van der Waals surface area contributed by atoms with E-state index in [-0.39, 0.29) is 12.2 Å². The van der Waals surface area contributed by atoms with Crippen LogP contribution in [0, 0.1) is 17.1 Å². The van der Waals surface area contributed by atoms with Crippen molar-refractivity contribution in [1.82, 2.24) is 4.98 Å². The number of hydrogen-bond acceptors (Lipinski definition) is 3. The Labute approximate surface area is 104 Å². The van der Waals surface area contributed by atoms with Crippen molar-refractivity contribution in [2.45, 2.75) is 6.42 Å². The van der Waals surface area contributed by atoms with Gasteiger partial charge >= 0.3 is 0 Å². The Morgan fingerprint density at radius 3 is 2.67 bits per heavy atom. The van der Waals surface area contributed by atoms with E-state index in [1.807, 2.05) is 6.07 Å². The maximum absolute atomic E-state index is 12.9. The molecule has 1 aromatic heterocycles. The molecule has 0 atom stereocenters. The molecule has 0 bridgehead atoms. The van der Waals surface area contributed by atoms with Crippen LogP contribution in [0.4, 0.5) is 4.39 Å². The fraction of sp³-hybridized carbons (Fsp3) is 0.143. The second-order valence-corrected chi connectivity index (χ2v) is 3.74. The van der Waals surface area contributed by atoms with Crippen molar-refractivity contribution in [2.75, 3.05) is 7.11 Å². The number of nitriles is 1. The van der Waals surface area contributed by atoms with Gasteiger partial charge in [-0.25, -0.2) is 9.37 Å². The molecule has 90 valence electrons. The third-order valence-corrected chi connectivity index (χ3v) is 2.54. The Morgan fingerprint density at radius 2 is 2.06 bits per heavy atom. The molecule has 0 radical (unpaired) electrons.